The van der Waals surface area contributed by atoms with E-state index < -0.39 is 0 Å². The number of hydrogen-bond acceptors (Lipinski definition) is 5. The number of imidazole rings is 1. The highest BCUT2D eigenvalue weighted by Gasteiger charge is 2.28. The molecule has 0 N–H and O–H groups in total. The SMILES string of the molecule is COC(=O)[C@@H]1CCCN(c2ncc3c(Cl)nccn23)C1. The summed E-state index contributed by atoms with van der Waals surface area (Å²) in [4.78, 5) is 22.2. The molecule has 106 valence electrons. The number of hydrogen-bond donors (Lipinski definition) is 0. The third-order valence-electron chi connectivity index (χ3n) is 3.63. The summed E-state index contributed by atoms with van der Waals surface area (Å²) in [6.07, 6.45) is 6.96. The molecule has 0 radical (unpaired) electrons. The minimum atomic E-state index is -0.157. The second-order valence-electron chi connectivity index (χ2n) is 4.84. The number of nitrogens with zero attached hydrogens (tertiary/aromatic N) is 4. The first-order chi connectivity index (χ1) is 9.70. The van der Waals surface area contributed by atoms with Crippen LogP contribution >= 0.6 is 11.6 Å². The predicted molar refractivity (Wildman–Crippen MR) is 75.0 cm³/mol. The molecule has 1 aliphatic heterocycles. The monoisotopic (exact) mass is 294 g/mol. The Balaban J connectivity index is 1.91. The molecule has 20 heavy (non-hydrogen) atoms. The minimum absolute atomic E-state index is 0.0987. The maximum atomic E-state index is 11.7. The number of halogens is 1. The van der Waals surface area contributed by atoms with Crippen molar-refractivity contribution in [2.75, 3.05) is 25.1 Å². The van der Waals surface area contributed by atoms with Crippen molar-refractivity contribution in [3.8, 4) is 0 Å². The second kappa shape index (κ2) is 5.28. The van der Waals surface area contributed by atoms with E-state index in [2.05, 4.69) is 14.9 Å². The summed E-state index contributed by atoms with van der Waals surface area (Å²) >= 11 is 6.05. The number of aromatic nitrogens is 3. The van der Waals surface area contributed by atoms with Crippen molar-refractivity contribution >= 4 is 29.0 Å². The molecule has 1 aliphatic rings. The molecule has 2 aromatic rings. The summed E-state index contributed by atoms with van der Waals surface area (Å²) in [6.45, 7) is 1.48. The van der Waals surface area contributed by atoms with Crippen LogP contribution in [0.4, 0.5) is 5.95 Å². The van der Waals surface area contributed by atoms with E-state index in [1.807, 2.05) is 10.6 Å². The van der Waals surface area contributed by atoms with Gasteiger partial charge in [-0.25, -0.2) is 9.97 Å². The van der Waals surface area contributed by atoms with Gasteiger partial charge in [-0.3, -0.25) is 9.20 Å². The number of ether oxygens (including phenoxy) is 1. The molecular weight excluding hydrogens is 280 g/mol. The lowest BCUT2D eigenvalue weighted by Crippen LogP contribution is -2.40. The smallest absolute Gasteiger partial charge is 0.310 e. The van der Waals surface area contributed by atoms with Gasteiger partial charge in [0.1, 0.15) is 5.52 Å². The Bertz CT molecular complexity index is 642. The Labute approximate surface area is 121 Å². The van der Waals surface area contributed by atoms with Crippen molar-refractivity contribution in [2.24, 2.45) is 5.92 Å². The van der Waals surface area contributed by atoms with Gasteiger partial charge in [-0.05, 0) is 12.8 Å². The van der Waals surface area contributed by atoms with Crippen LogP contribution in [0.25, 0.3) is 5.52 Å². The summed E-state index contributed by atoms with van der Waals surface area (Å²) in [6, 6.07) is 0. The largest absolute Gasteiger partial charge is 0.469 e. The van der Waals surface area contributed by atoms with Gasteiger partial charge < -0.3 is 9.64 Å². The van der Waals surface area contributed by atoms with Crippen LogP contribution in [0.1, 0.15) is 12.8 Å². The maximum Gasteiger partial charge on any atom is 0.310 e. The van der Waals surface area contributed by atoms with Crippen LogP contribution < -0.4 is 4.90 Å². The molecular formula is C13H15ClN4O2. The third-order valence-corrected chi connectivity index (χ3v) is 3.92. The van der Waals surface area contributed by atoms with Crippen LogP contribution in [0.3, 0.4) is 0 Å². The zero-order valence-corrected chi connectivity index (χ0v) is 11.9. The minimum Gasteiger partial charge on any atom is -0.469 e. The van der Waals surface area contributed by atoms with E-state index in [0.29, 0.717) is 11.7 Å². The van der Waals surface area contributed by atoms with Crippen LogP contribution in [0.2, 0.25) is 5.15 Å². The standard InChI is InChI=1S/C13H15ClN4O2/c1-20-12(19)9-3-2-5-17(8-9)13-16-7-10-11(14)15-4-6-18(10)13/h4,6-7,9H,2-3,5,8H2,1H3/t9-/m1/s1. The quantitative estimate of drug-likeness (QED) is 0.790. The second-order valence-corrected chi connectivity index (χ2v) is 5.20. The summed E-state index contributed by atoms with van der Waals surface area (Å²) in [5.41, 5.74) is 0.768. The van der Waals surface area contributed by atoms with Crippen molar-refractivity contribution in [1.82, 2.24) is 14.4 Å². The summed E-state index contributed by atoms with van der Waals surface area (Å²) in [7, 11) is 1.43. The highest BCUT2D eigenvalue weighted by molar-refractivity contribution is 6.32. The number of rotatable bonds is 2. The molecule has 0 spiro atoms. The van der Waals surface area contributed by atoms with E-state index in [1.54, 1.807) is 12.4 Å². The lowest BCUT2D eigenvalue weighted by molar-refractivity contribution is -0.145. The van der Waals surface area contributed by atoms with Gasteiger partial charge in [-0.2, -0.15) is 0 Å². The molecule has 1 atom stereocenters. The molecule has 0 saturated carbocycles. The lowest BCUT2D eigenvalue weighted by atomic mass is 9.98. The highest BCUT2D eigenvalue weighted by Crippen LogP contribution is 2.25. The highest BCUT2D eigenvalue weighted by atomic mass is 35.5. The van der Waals surface area contributed by atoms with Gasteiger partial charge in [-0.15, -0.1) is 0 Å². The molecule has 1 saturated heterocycles. The molecule has 2 aromatic heterocycles. The first-order valence-electron chi connectivity index (χ1n) is 6.51. The van der Waals surface area contributed by atoms with E-state index in [9.17, 15) is 4.79 Å². The number of methoxy groups -OCH3 is 1. The molecule has 0 aliphatic carbocycles. The van der Waals surface area contributed by atoms with Crippen molar-refractivity contribution < 1.29 is 9.53 Å². The number of piperidine rings is 1. The first kappa shape index (κ1) is 13.2. The average molecular weight is 295 g/mol. The van der Waals surface area contributed by atoms with E-state index in [0.717, 1.165) is 30.9 Å². The van der Waals surface area contributed by atoms with Crippen LogP contribution in [0.5, 0.6) is 0 Å². The Hall–Kier alpha value is -1.82. The molecule has 7 heteroatoms. The van der Waals surface area contributed by atoms with Gasteiger partial charge in [-0.1, -0.05) is 11.6 Å². The van der Waals surface area contributed by atoms with Crippen molar-refractivity contribution in [2.45, 2.75) is 12.8 Å². The van der Waals surface area contributed by atoms with Crippen molar-refractivity contribution in [1.29, 1.82) is 0 Å². The number of fused-ring (bicyclic) bond motifs is 1. The van der Waals surface area contributed by atoms with Gasteiger partial charge in [0, 0.05) is 25.5 Å². The van der Waals surface area contributed by atoms with Crippen LogP contribution in [-0.4, -0.2) is 40.5 Å². The van der Waals surface area contributed by atoms with Crippen molar-refractivity contribution in [3.63, 3.8) is 0 Å². The summed E-state index contributed by atoms with van der Waals surface area (Å²) in [5.74, 6) is 0.534. The Morgan fingerprint density at radius 3 is 3.15 bits per heavy atom. The molecule has 1 fully saturated rings. The predicted octanol–water partition coefficient (Wildman–Crippen LogP) is 1.77. The van der Waals surface area contributed by atoms with Gasteiger partial charge >= 0.3 is 5.97 Å². The van der Waals surface area contributed by atoms with Crippen LogP contribution in [0, 0.1) is 5.92 Å². The zero-order chi connectivity index (χ0) is 14.1. The van der Waals surface area contributed by atoms with Crippen LogP contribution in [-0.2, 0) is 9.53 Å². The molecule has 6 nitrogen and oxygen atoms in total. The van der Waals surface area contributed by atoms with E-state index >= 15 is 0 Å². The Morgan fingerprint density at radius 1 is 1.50 bits per heavy atom. The first-order valence-corrected chi connectivity index (χ1v) is 6.89. The molecule has 0 bridgehead atoms. The fourth-order valence-corrected chi connectivity index (χ4v) is 2.83. The van der Waals surface area contributed by atoms with Gasteiger partial charge in [0.25, 0.3) is 0 Å². The fraction of sp³-hybridized carbons (Fsp3) is 0.462. The maximum absolute atomic E-state index is 11.7. The lowest BCUT2D eigenvalue weighted by Gasteiger charge is -2.31. The van der Waals surface area contributed by atoms with E-state index in [4.69, 9.17) is 16.3 Å². The number of esters is 1. The topological polar surface area (TPSA) is 59.7 Å². The molecule has 0 aromatic carbocycles. The van der Waals surface area contributed by atoms with E-state index in [-0.39, 0.29) is 11.9 Å². The third kappa shape index (κ3) is 2.20. The van der Waals surface area contributed by atoms with Gasteiger partial charge in [0.2, 0.25) is 5.95 Å². The molecule has 0 unspecified atom stereocenters. The Morgan fingerprint density at radius 2 is 2.35 bits per heavy atom. The zero-order valence-electron chi connectivity index (χ0n) is 11.1. The molecule has 3 heterocycles. The van der Waals surface area contributed by atoms with E-state index in [1.165, 1.54) is 7.11 Å². The van der Waals surface area contributed by atoms with Crippen LogP contribution in [0.15, 0.2) is 18.6 Å². The Kier molecular flexibility index (Phi) is 3.48. The van der Waals surface area contributed by atoms with Crippen molar-refractivity contribution in [3.05, 3.63) is 23.7 Å². The van der Waals surface area contributed by atoms with Gasteiger partial charge in [0.15, 0.2) is 5.15 Å². The van der Waals surface area contributed by atoms with Gasteiger partial charge in [0.05, 0.1) is 19.2 Å². The number of carbonyl (C=O) groups excluding carboxylic acids is 1. The summed E-state index contributed by atoms with van der Waals surface area (Å²) in [5, 5.41) is 0.424. The number of anilines is 1. The summed E-state index contributed by atoms with van der Waals surface area (Å²) < 4.78 is 6.74. The molecule has 3 rings (SSSR count). The normalized spacial score (nSPS) is 19.3. The number of carbonyl (C=O) groups is 1. The molecule has 0 amide bonds. The fourth-order valence-electron chi connectivity index (χ4n) is 2.63. The average Bonchev–Trinajstić information content (AvgIpc) is 2.92.